The number of amides is 1. The Balaban J connectivity index is 1.60. The normalized spacial score (nSPS) is 25.7. The van der Waals surface area contributed by atoms with Crippen LogP contribution in [0.25, 0.3) is 0 Å². The lowest BCUT2D eigenvalue weighted by Crippen LogP contribution is -2.43. The second-order valence-electron chi connectivity index (χ2n) is 6.82. The van der Waals surface area contributed by atoms with Crippen LogP contribution in [0, 0.1) is 0 Å². The lowest BCUT2D eigenvalue weighted by molar-refractivity contribution is -0.132. The summed E-state index contributed by atoms with van der Waals surface area (Å²) in [5.74, 6) is 0.796. The molecule has 1 N–H and O–H groups in total. The highest BCUT2D eigenvalue weighted by atomic mass is 16.2. The molecule has 6 heteroatoms. The van der Waals surface area contributed by atoms with Gasteiger partial charge in [0, 0.05) is 31.7 Å². The fraction of sp³-hybridized carbons (Fsp3) is 0.824. The van der Waals surface area contributed by atoms with Crippen LogP contribution in [0.3, 0.4) is 0 Å². The quantitative estimate of drug-likeness (QED) is 0.903. The molecule has 23 heavy (non-hydrogen) atoms. The van der Waals surface area contributed by atoms with Crippen LogP contribution in [0.4, 0.5) is 0 Å². The van der Waals surface area contributed by atoms with Crippen LogP contribution in [-0.2, 0) is 4.79 Å². The molecule has 0 aromatic carbocycles. The summed E-state index contributed by atoms with van der Waals surface area (Å²) in [4.78, 5) is 14.4. The van der Waals surface area contributed by atoms with E-state index in [1.165, 1.54) is 32.1 Å². The summed E-state index contributed by atoms with van der Waals surface area (Å²) < 4.78 is 1.98. The van der Waals surface area contributed by atoms with Crippen molar-refractivity contribution in [2.75, 3.05) is 19.6 Å². The van der Waals surface area contributed by atoms with Crippen molar-refractivity contribution < 1.29 is 4.79 Å². The van der Waals surface area contributed by atoms with Gasteiger partial charge in [0.1, 0.15) is 0 Å². The SMILES string of the molecule is CCN(CC)C(=O)[C@@H]1C[C@H](n2cc(C3CCCCC3)nn2)CN1. The molecule has 2 aliphatic rings. The van der Waals surface area contributed by atoms with Gasteiger partial charge in [-0.25, -0.2) is 4.68 Å². The minimum atomic E-state index is -0.0813. The number of aromatic nitrogens is 3. The van der Waals surface area contributed by atoms with Crippen molar-refractivity contribution in [3.05, 3.63) is 11.9 Å². The zero-order chi connectivity index (χ0) is 16.2. The van der Waals surface area contributed by atoms with E-state index in [1.54, 1.807) is 0 Å². The number of nitrogens with one attached hydrogen (secondary N) is 1. The summed E-state index contributed by atoms with van der Waals surface area (Å²) in [6, 6.07) is 0.159. The van der Waals surface area contributed by atoms with Crippen molar-refractivity contribution in [2.24, 2.45) is 0 Å². The van der Waals surface area contributed by atoms with Crippen LogP contribution >= 0.6 is 0 Å². The van der Waals surface area contributed by atoms with Crippen LogP contribution in [-0.4, -0.2) is 51.5 Å². The van der Waals surface area contributed by atoms with Crippen LogP contribution < -0.4 is 5.32 Å². The van der Waals surface area contributed by atoms with Gasteiger partial charge in [0.2, 0.25) is 5.91 Å². The van der Waals surface area contributed by atoms with Gasteiger partial charge in [0.15, 0.2) is 0 Å². The zero-order valence-electron chi connectivity index (χ0n) is 14.4. The van der Waals surface area contributed by atoms with Gasteiger partial charge in [0.05, 0.1) is 17.8 Å². The second kappa shape index (κ2) is 7.43. The Kier molecular flexibility index (Phi) is 5.30. The van der Waals surface area contributed by atoms with E-state index in [0.29, 0.717) is 5.92 Å². The molecule has 1 amide bonds. The summed E-state index contributed by atoms with van der Waals surface area (Å²) in [6.07, 6.45) is 9.38. The lowest BCUT2D eigenvalue weighted by Gasteiger charge is -2.22. The molecule has 0 bridgehead atoms. The summed E-state index contributed by atoms with van der Waals surface area (Å²) >= 11 is 0. The molecule has 2 fully saturated rings. The Morgan fingerprint density at radius 2 is 2.04 bits per heavy atom. The number of hydrogen-bond acceptors (Lipinski definition) is 4. The first-order valence-corrected chi connectivity index (χ1v) is 9.16. The molecular weight excluding hydrogens is 290 g/mol. The van der Waals surface area contributed by atoms with Crippen molar-refractivity contribution >= 4 is 5.91 Å². The third-order valence-corrected chi connectivity index (χ3v) is 5.41. The average molecular weight is 319 g/mol. The predicted molar refractivity (Wildman–Crippen MR) is 89.2 cm³/mol. The number of likely N-dealkylation sites (N-methyl/N-ethyl adjacent to an activating group) is 1. The fourth-order valence-electron chi connectivity index (χ4n) is 3.92. The van der Waals surface area contributed by atoms with Gasteiger partial charge < -0.3 is 10.2 Å². The predicted octanol–water partition coefficient (Wildman–Crippen LogP) is 2.10. The first-order chi connectivity index (χ1) is 11.2. The summed E-state index contributed by atoms with van der Waals surface area (Å²) in [6.45, 7) is 6.40. The maximum absolute atomic E-state index is 12.5. The summed E-state index contributed by atoms with van der Waals surface area (Å²) in [7, 11) is 0. The third-order valence-electron chi connectivity index (χ3n) is 5.41. The van der Waals surface area contributed by atoms with Crippen LogP contribution in [0.15, 0.2) is 6.20 Å². The number of carbonyl (C=O) groups is 1. The molecule has 0 unspecified atom stereocenters. The van der Waals surface area contributed by atoms with E-state index in [2.05, 4.69) is 21.8 Å². The maximum Gasteiger partial charge on any atom is 0.239 e. The van der Waals surface area contributed by atoms with Crippen LogP contribution in [0.1, 0.15) is 70.0 Å². The molecule has 3 rings (SSSR count). The molecule has 1 saturated heterocycles. The van der Waals surface area contributed by atoms with Crippen LogP contribution in [0.5, 0.6) is 0 Å². The number of rotatable bonds is 5. The smallest absolute Gasteiger partial charge is 0.239 e. The van der Waals surface area contributed by atoms with E-state index in [1.807, 2.05) is 23.4 Å². The monoisotopic (exact) mass is 319 g/mol. The van der Waals surface area contributed by atoms with Crippen molar-refractivity contribution in [3.8, 4) is 0 Å². The molecule has 1 aromatic heterocycles. The van der Waals surface area contributed by atoms with E-state index < -0.39 is 0 Å². The first kappa shape index (κ1) is 16.4. The Bertz CT molecular complexity index is 519. The Hall–Kier alpha value is -1.43. The topological polar surface area (TPSA) is 63.1 Å². The van der Waals surface area contributed by atoms with Crippen molar-refractivity contribution in [3.63, 3.8) is 0 Å². The Labute approximate surface area is 138 Å². The van der Waals surface area contributed by atoms with Gasteiger partial charge in [-0.2, -0.15) is 0 Å². The molecule has 2 atom stereocenters. The largest absolute Gasteiger partial charge is 0.342 e. The van der Waals surface area contributed by atoms with Crippen molar-refractivity contribution in [2.45, 2.75) is 70.4 Å². The summed E-state index contributed by atoms with van der Waals surface area (Å²) in [5, 5.41) is 12.1. The molecule has 0 spiro atoms. The molecule has 1 aromatic rings. The van der Waals surface area contributed by atoms with Gasteiger partial charge in [0.25, 0.3) is 0 Å². The molecule has 1 aliphatic heterocycles. The highest BCUT2D eigenvalue weighted by Crippen LogP contribution is 2.32. The highest BCUT2D eigenvalue weighted by Gasteiger charge is 2.33. The zero-order valence-corrected chi connectivity index (χ0v) is 14.4. The standard InChI is InChI=1S/C17H29N5O/c1-3-21(4-2)17(23)15-10-14(11-18-15)22-12-16(19-20-22)13-8-6-5-7-9-13/h12-15,18H,3-11H2,1-2H3/t14-,15-/m0/s1. The van der Waals surface area contributed by atoms with Crippen molar-refractivity contribution in [1.82, 2.24) is 25.2 Å². The van der Waals surface area contributed by atoms with Gasteiger partial charge in [-0.3, -0.25) is 4.79 Å². The molecule has 1 aliphatic carbocycles. The van der Waals surface area contributed by atoms with E-state index in [9.17, 15) is 4.79 Å². The third kappa shape index (κ3) is 3.57. The van der Waals surface area contributed by atoms with Gasteiger partial charge in [-0.1, -0.05) is 24.5 Å². The van der Waals surface area contributed by atoms with E-state index >= 15 is 0 Å². The minimum Gasteiger partial charge on any atom is -0.342 e. The van der Waals surface area contributed by atoms with Crippen LogP contribution in [0.2, 0.25) is 0 Å². The maximum atomic E-state index is 12.5. The molecule has 0 radical (unpaired) electrons. The molecule has 1 saturated carbocycles. The molecule has 6 nitrogen and oxygen atoms in total. The number of nitrogens with zero attached hydrogens (tertiary/aromatic N) is 4. The van der Waals surface area contributed by atoms with E-state index in [-0.39, 0.29) is 18.0 Å². The van der Waals surface area contributed by atoms with E-state index in [0.717, 1.165) is 31.7 Å². The minimum absolute atomic E-state index is 0.0813. The number of hydrogen-bond donors (Lipinski definition) is 1. The Morgan fingerprint density at radius 3 is 2.74 bits per heavy atom. The number of carbonyl (C=O) groups excluding carboxylic acids is 1. The molecule has 2 heterocycles. The Morgan fingerprint density at radius 1 is 1.30 bits per heavy atom. The summed E-state index contributed by atoms with van der Waals surface area (Å²) in [5.41, 5.74) is 1.14. The average Bonchev–Trinajstić information content (AvgIpc) is 3.26. The molecule has 128 valence electrons. The second-order valence-corrected chi connectivity index (χ2v) is 6.82. The van der Waals surface area contributed by atoms with Gasteiger partial charge >= 0.3 is 0 Å². The van der Waals surface area contributed by atoms with Gasteiger partial charge in [-0.05, 0) is 33.1 Å². The first-order valence-electron chi connectivity index (χ1n) is 9.16. The van der Waals surface area contributed by atoms with E-state index in [4.69, 9.17) is 0 Å². The fourth-order valence-corrected chi connectivity index (χ4v) is 3.92. The highest BCUT2D eigenvalue weighted by molar-refractivity contribution is 5.82. The molecular formula is C17H29N5O. The van der Waals surface area contributed by atoms with Gasteiger partial charge in [-0.15, -0.1) is 5.10 Å². The van der Waals surface area contributed by atoms with Crippen molar-refractivity contribution in [1.29, 1.82) is 0 Å². The lowest BCUT2D eigenvalue weighted by atomic mass is 9.87.